The molecule has 1 fully saturated rings. The van der Waals surface area contributed by atoms with Crippen molar-refractivity contribution in [1.29, 1.82) is 0 Å². The van der Waals surface area contributed by atoms with Gasteiger partial charge in [0.1, 0.15) is 11.5 Å². The number of rotatable bonds is 7. The summed E-state index contributed by atoms with van der Waals surface area (Å²) in [5, 5.41) is 11.1. The molecule has 0 radical (unpaired) electrons. The first-order chi connectivity index (χ1) is 14.3. The molecule has 7 nitrogen and oxygen atoms in total. The molecule has 3 rings (SSSR count). The van der Waals surface area contributed by atoms with Crippen LogP contribution in [0, 0.1) is 6.92 Å². The number of aliphatic hydroxyl groups excluding tert-OH is 1. The summed E-state index contributed by atoms with van der Waals surface area (Å²) in [5.74, 6) is -0.814. The van der Waals surface area contributed by atoms with Gasteiger partial charge in [0, 0.05) is 24.5 Å². The number of pyridine rings is 1. The van der Waals surface area contributed by atoms with Crippen molar-refractivity contribution in [2.24, 2.45) is 0 Å². The molecular formula is C23H27N3O4. The molecule has 158 valence electrons. The Bertz CT molecular complexity index is 970. The highest BCUT2D eigenvalue weighted by atomic mass is 16.5. The molecule has 0 bridgehead atoms. The van der Waals surface area contributed by atoms with Gasteiger partial charge in [0.2, 0.25) is 0 Å². The third-order valence-corrected chi connectivity index (χ3v) is 5.23. The van der Waals surface area contributed by atoms with Crippen LogP contribution in [0.25, 0.3) is 5.76 Å². The van der Waals surface area contributed by atoms with Gasteiger partial charge in [-0.15, -0.1) is 0 Å². The summed E-state index contributed by atoms with van der Waals surface area (Å²) >= 11 is 0. The van der Waals surface area contributed by atoms with Gasteiger partial charge in [0.05, 0.1) is 18.7 Å². The molecular weight excluding hydrogens is 382 g/mol. The summed E-state index contributed by atoms with van der Waals surface area (Å²) in [7, 11) is 5.48. The van der Waals surface area contributed by atoms with Gasteiger partial charge in [-0.05, 0) is 69.4 Å². The number of ether oxygens (including phenoxy) is 1. The zero-order valence-corrected chi connectivity index (χ0v) is 17.8. The molecule has 0 saturated carbocycles. The van der Waals surface area contributed by atoms with Crippen LogP contribution in [0.15, 0.2) is 48.3 Å². The summed E-state index contributed by atoms with van der Waals surface area (Å²) in [6.45, 7) is 3.00. The monoisotopic (exact) mass is 409 g/mol. The van der Waals surface area contributed by atoms with E-state index in [0.717, 1.165) is 12.1 Å². The average Bonchev–Trinajstić information content (AvgIpc) is 2.98. The van der Waals surface area contributed by atoms with Crippen molar-refractivity contribution in [1.82, 2.24) is 14.8 Å². The standard InChI is InChI=1S/C23H27N3O4/c1-15-13-17(30-4)8-9-18(15)21(27)19-20(16-7-5-10-24-14-16)26(23(29)22(19)28)12-6-11-25(2)3/h5,7-10,13-14,20,27H,6,11-12H2,1-4H3/b21-19+/t20-/m1/s1. The molecule has 0 spiro atoms. The number of nitrogens with zero attached hydrogens (tertiary/aromatic N) is 3. The van der Waals surface area contributed by atoms with Gasteiger partial charge in [-0.2, -0.15) is 0 Å². The number of benzene rings is 1. The third-order valence-electron chi connectivity index (χ3n) is 5.23. The number of methoxy groups -OCH3 is 1. The summed E-state index contributed by atoms with van der Waals surface area (Å²) in [6.07, 6.45) is 3.97. The Morgan fingerprint density at radius 3 is 2.63 bits per heavy atom. The first kappa shape index (κ1) is 21.5. The molecule has 1 aromatic heterocycles. The lowest BCUT2D eigenvalue weighted by Gasteiger charge is -2.25. The number of ketones is 1. The normalized spacial score (nSPS) is 18.3. The average molecular weight is 409 g/mol. The Kier molecular flexibility index (Phi) is 6.52. The van der Waals surface area contributed by atoms with Crippen LogP contribution in [0.3, 0.4) is 0 Å². The highest BCUT2D eigenvalue weighted by molar-refractivity contribution is 6.46. The molecule has 1 N–H and O–H groups in total. The molecule has 1 aromatic carbocycles. The third kappa shape index (κ3) is 4.21. The highest BCUT2D eigenvalue weighted by Gasteiger charge is 2.46. The lowest BCUT2D eigenvalue weighted by atomic mass is 9.94. The van der Waals surface area contributed by atoms with E-state index in [9.17, 15) is 14.7 Å². The minimum atomic E-state index is -0.679. The van der Waals surface area contributed by atoms with Gasteiger partial charge in [-0.3, -0.25) is 14.6 Å². The highest BCUT2D eigenvalue weighted by Crippen LogP contribution is 2.39. The Labute approximate surface area is 176 Å². The van der Waals surface area contributed by atoms with Crippen molar-refractivity contribution in [3.05, 3.63) is 65.0 Å². The topological polar surface area (TPSA) is 83.0 Å². The number of likely N-dealkylation sites (tertiary alicyclic amines) is 1. The van der Waals surface area contributed by atoms with Crippen molar-refractivity contribution >= 4 is 17.4 Å². The fraction of sp³-hybridized carbons (Fsp3) is 0.348. The maximum atomic E-state index is 13.0. The van der Waals surface area contributed by atoms with Crippen LogP contribution in [0.4, 0.5) is 0 Å². The number of amides is 1. The SMILES string of the molecule is COc1ccc(/C(O)=C2\C(=O)C(=O)N(CCCN(C)C)[C@@H]2c2cccnc2)c(C)c1. The predicted molar refractivity (Wildman–Crippen MR) is 114 cm³/mol. The van der Waals surface area contributed by atoms with Gasteiger partial charge in [0.25, 0.3) is 11.7 Å². The smallest absolute Gasteiger partial charge is 0.295 e. The molecule has 0 unspecified atom stereocenters. The van der Waals surface area contributed by atoms with E-state index < -0.39 is 17.7 Å². The molecule has 2 aromatic rings. The molecule has 1 amide bonds. The number of aromatic nitrogens is 1. The predicted octanol–water partition coefficient (Wildman–Crippen LogP) is 2.77. The van der Waals surface area contributed by atoms with E-state index >= 15 is 0 Å². The van der Waals surface area contributed by atoms with Gasteiger partial charge >= 0.3 is 0 Å². The molecule has 1 saturated heterocycles. The van der Waals surface area contributed by atoms with Gasteiger partial charge in [-0.25, -0.2) is 0 Å². The second kappa shape index (κ2) is 9.09. The van der Waals surface area contributed by atoms with Crippen molar-refractivity contribution < 1.29 is 19.4 Å². The second-order valence-corrected chi connectivity index (χ2v) is 7.62. The number of hydrogen-bond acceptors (Lipinski definition) is 6. The first-order valence-corrected chi connectivity index (χ1v) is 9.83. The summed E-state index contributed by atoms with van der Waals surface area (Å²) in [4.78, 5) is 33.6. The lowest BCUT2D eigenvalue weighted by molar-refractivity contribution is -0.139. The zero-order valence-electron chi connectivity index (χ0n) is 17.8. The first-order valence-electron chi connectivity index (χ1n) is 9.83. The lowest BCUT2D eigenvalue weighted by Crippen LogP contribution is -2.32. The van der Waals surface area contributed by atoms with Crippen molar-refractivity contribution in [2.45, 2.75) is 19.4 Å². The van der Waals surface area contributed by atoms with Crippen LogP contribution >= 0.6 is 0 Å². The molecule has 7 heteroatoms. The summed E-state index contributed by atoms with van der Waals surface area (Å²) in [6, 6.07) is 8.09. The minimum Gasteiger partial charge on any atom is -0.507 e. The van der Waals surface area contributed by atoms with E-state index in [-0.39, 0.29) is 11.3 Å². The maximum Gasteiger partial charge on any atom is 0.295 e. The van der Waals surface area contributed by atoms with E-state index in [0.29, 0.717) is 29.8 Å². The molecule has 1 aliphatic heterocycles. The Hall–Kier alpha value is -3.19. The number of aryl methyl sites for hydroxylation is 1. The summed E-state index contributed by atoms with van der Waals surface area (Å²) in [5.41, 5.74) is 2.02. The molecule has 30 heavy (non-hydrogen) atoms. The number of carbonyl (C=O) groups is 2. The van der Waals surface area contributed by atoms with E-state index in [1.165, 1.54) is 4.90 Å². The van der Waals surface area contributed by atoms with Crippen LogP contribution in [0.2, 0.25) is 0 Å². The number of hydrogen-bond donors (Lipinski definition) is 1. The fourth-order valence-corrected chi connectivity index (χ4v) is 3.73. The molecule has 0 aliphatic carbocycles. The van der Waals surface area contributed by atoms with Crippen LogP contribution in [-0.4, -0.2) is 65.9 Å². The van der Waals surface area contributed by atoms with Gasteiger partial charge < -0.3 is 19.6 Å². The van der Waals surface area contributed by atoms with Crippen molar-refractivity contribution in [3.63, 3.8) is 0 Å². The Morgan fingerprint density at radius 1 is 1.27 bits per heavy atom. The van der Waals surface area contributed by atoms with E-state index in [2.05, 4.69) is 4.98 Å². The van der Waals surface area contributed by atoms with Crippen LogP contribution < -0.4 is 4.74 Å². The van der Waals surface area contributed by atoms with E-state index in [1.807, 2.05) is 32.0 Å². The Morgan fingerprint density at radius 2 is 2.03 bits per heavy atom. The van der Waals surface area contributed by atoms with E-state index in [4.69, 9.17) is 4.74 Å². The maximum absolute atomic E-state index is 13.0. The zero-order chi connectivity index (χ0) is 21.8. The molecule has 1 atom stereocenters. The molecule has 1 aliphatic rings. The number of aliphatic hydroxyl groups is 1. The van der Waals surface area contributed by atoms with Crippen LogP contribution in [-0.2, 0) is 9.59 Å². The van der Waals surface area contributed by atoms with Crippen molar-refractivity contribution in [2.75, 3.05) is 34.3 Å². The quantitative estimate of drug-likeness (QED) is 0.430. The Balaban J connectivity index is 2.09. The van der Waals surface area contributed by atoms with Crippen LogP contribution in [0.5, 0.6) is 5.75 Å². The fourth-order valence-electron chi connectivity index (χ4n) is 3.73. The van der Waals surface area contributed by atoms with Crippen LogP contribution in [0.1, 0.15) is 29.2 Å². The largest absolute Gasteiger partial charge is 0.507 e. The van der Waals surface area contributed by atoms with Gasteiger partial charge in [0.15, 0.2) is 0 Å². The number of carbonyl (C=O) groups excluding carboxylic acids is 2. The second-order valence-electron chi connectivity index (χ2n) is 7.62. The van der Waals surface area contributed by atoms with Crippen molar-refractivity contribution in [3.8, 4) is 5.75 Å². The molecule has 2 heterocycles. The summed E-state index contributed by atoms with van der Waals surface area (Å²) < 4.78 is 5.23. The van der Waals surface area contributed by atoms with Gasteiger partial charge in [-0.1, -0.05) is 6.07 Å². The number of Topliss-reactive ketones (excluding diaryl/α,β-unsaturated/α-hetero) is 1. The minimum absolute atomic E-state index is 0.0890. The van der Waals surface area contributed by atoms with E-state index in [1.54, 1.807) is 43.8 Å².